The van der Waals surface area contributed by atoms with Crippen LogP contribution in [0.4, 0.5) is 5.95 Å². The maximum absolute atomic E-state index is 10.5. The molecule has 1 fully saturated rings. The molecule has 3 N–H and O–H groups in total. The third kappa shape index (κ3) is 4.07. The smallest absolute Gasteiger partial charge is 0.245 e. The van der Waals surface area contributed by atoms with Crippen LogP contribution in [0, 0.1) is 5.41 Å². The van der Waals surface area contributed by atoms with E-state index in [1.807, 2.05) is 12.1 Å². The number of aromatic nitrogens is 5. The summed E-state index contributed by atoms with van der Waals surface area (Å²) in [5.74, 6) is 0.752. The molecule has 1 unspecified atom stereocenters. The molecule has 29 heavy (non-hydrogen) atoms. The van der Waals surface area contributed by atoms with E-state index in [0.29, 0.717) is 29.3 Å². The first-order valence-electron chi connectivity index (χ1n) is 9.84. The van der Waals surface area contributed by atoms with Gasteiger partial charge in [-0.25, -0.2) is 4.98 Å². The van der Waals surface area contributed by atoms with Crippen LogP contribution < -0.4 is 10.2 Å². The highest BCUT2D eigenvalue weighted by Gasteiger charge is 2.33. The van der Waals surface area contributed by atoms with Crippen LogP contribution in [0.25, 0.3) is 22.4 Å². The number of phenolic OH excluding ortho intramolecular Hbond substituents is 1. The number of aromatic hydroxyl groups is 1. The van der Waals surface area contributed by atoms with Crippen LogP contribution in [-0.2, 0) is 0 Å². The highest BCUT2D eigenvalue weighted by Crippen LogP contribution is 2.32. The molecule has 3 heterocycles. The van der Waals surface area contributed by atoms with Crippen molar-refractivity contribution in [2.24, 2.45) is 5.41 Å². The summed E-state index contributed by atoms with van der Waals surface area (Å²) in [5.41, 5.74) is 3.07. The van der Waals surface area contributed by atoms with Crippen LogP contribution >= 0.6 is 0 Å². The van der Waals surface area contributed by atoms with Crippen molar-refractivity contribution < 1.29 is 5.11 Å². The van der Waals surface area contributed by atoms with Crippen molar-refractivity contribution in [3.05, 3.63) is 36.8 Å². The highest BCUT2D eigenvalue weighted by molar-refractivity contribution is 5.73. The lowest BCUT2D eigenvalue weighted by Gasteiger charge is -2.43. The van der Waals surface area contributed by atoms with Gasteiger partial charge in [-0.3, -0.25) is 5.10 Å². The Bertz CT molecular complexity index is 964. The number of aromatic amines is 1. The zero-order valence-electron chi connectivity index (χ0n) is 17.2. The van der Waals surface area contributed by atoms with Crippen LogP contribution in [0.15, 0.2) is 36.8 Å². The topological polar surface area (TPSA) is 103 Å². The maximum Gasteiger partial charge on any atom is 0.245 e. The summed E-state index contributed by atoms with van der Waals surface area (Å²) in [7, 11) is 0. The van der Waals surface area contributed by atoms with Crippen molar-refractivity contribution in [2.45, 2.75) is 39.8 Å². The van der Waals surface area contributed by atoms with E-state index in [1.54, 1.807) is 24.7 Å². The lowest BCUT2D eigenvalue weighted by molar-refractivity contribution is 0.227. The van der Waals surface area contributed by atoms with Gasteiger partial charge in [0.25, 0.3) is 0 Å². The molecular weight excluding hydrogens is 366 g/mol. The van der Waals surface area contributed by atoms with E-state index in [9.17, 15) is 5.11 Å². The molecule has 0 spiro atoms. The molecule has 2 aromatic heterocycles. The molecule has 0 aliphatic carbocycles. The first-order chi connectivity index (χ1) is 13.8. The van der Waals surface area contributed by atoms with Crippen LogP contribution in [-0.4, -0.2) is 55.7 Å². The second kappa shape index (κ2) is 7.44. The highest BCUT2D eigenvalue weighted by atomic mass is 16.3. The Balaban J connectivity index is 1.55. The van der Waals surface area contributed by atoms with Gasteiger partial charge in [-0.05, 0) is 30.0 Å². The molecule has 152 valence electrons. The minimum atomic E-state index is 0.135. The lowest BCUT2D eigenvalue weighted by Crippen LogP contribution is -2.60. The molecule has 0 radical (unpaired) electrons. The van der Waals surface area contributed by atoms with Gasteiger partial charge in [0, 0.05) is 42.5 Å². The van der Waals surface area contributed by atoms with Gasteiger partial charge in [-0.2, -0.15) is 5.10 Å². The monoisotopic (exact) mass is 393 g/mol. The summed E-state index contributed by atoms with van der Waals surface area (Å²) in [5, 5.41) is 29.5. The summed E-state index contributed by atoms with van der Waals surface area (Å²) in [6, 6.07) is 6.12. The fraction of sp³-hybridized carbons (Fsp3) is 0.429. The van der Waals surface area contributed by atoms with Gasteiger partial charge in [0.1, 0.15) is 11.4 Å². The van der Waals surface area contributed by atoms with Gasteiger partial charge < -0.3 is 15.3 Å². The molecule has 8 heteroatoms. The average Bonchev–Trinajstić information content (AvgIpc) is 3.22. The molecule has 1 saturated heterocycles. The molecule has 1 aliphatic rings. The number of anilines is 1. The maximum atomic E-state index is 10.5. The molecule has 1 aliphatic heterocycles. The lowest BCUT2D eigenvalue weighted by atomic mass is 9.84. The molecule has 0 bridgehead atoms. The Morgan fingerprint density at radius 3 is 2.55 bits per heavy atom. The van der Waals surface area contributed by atoms with Gasteiger partial charge in [0.05, 0.1) is 12.4 Å². The zero-order chi connectivity index (χ0) is 20.6. The third-order valence-electron chi connectivity index (χ3n) is 5.37. The van der Waals surface area contributed by atoms with Crippen molar-refractivity contribution in [3.63, 3.8) is 0 Å². The summed E-state index contributed by atoms with van der Waals surface area (Å²) >= 11 is 0. The largest absolute Gasteiger partial charge is 0.507 e. The minimum Gasteiger partial charge on any atom is -0.507 e. The van der Waals surface area contributed by atoms with E-state index >= 15 is 0 Å². The number of H-pyrrole nitrogens is 1. The number of phenols is 1. The van der Waals surface area contributed by atoms with Crippen LogP contribution in [0.5, 0.6) is 5.75 Å². The van der Waals surface area contributed by atoms with Crippen LogP contribution in [0.2, 0.25) is 0 Å². The quantitative estimate of drug-likeness (QED) is 0.629. The third-order valence-corrected chi connectivity index (χ3v) is 5.37. The molecule has 8 nitrogen and oxygen atoms in total. The minimum absolute atomic E-state index is 0.135. The summed E-state index contributed by atoms with van der Waals surface area (Å²) in [6.45, 7) is 10.5. The van der Waals surface area contributed by atoms with Gasteiger partial charge in [-0.15, -0.1) is 10.2 Å². The van der Waals surface area contributed by atoms with E-state index < -0.39 is 0 Å². The van der Waals surface area contributed by atoms with Crippen molar-refractivity contribution in [1.29, 1.82) is 0 Å². The Labute approximate surface area is 170 Å². The summed E-state index contributed by atoms with van der Waals surface area (Å²) in [4.78, 5) is 6.72. The molecule has 4 rings (SSSR count). The Kier molecular flexibility index (Phi) is 4.96. The molecule has 3 aromatic rings. The first kappa shape index (κ1) is 19.3. The molecule has 0 saturated carbocycles. The average molecular weight is 393 g/mol. The van der Waals surface area contributed by atoms with Crippen LogP contribution in [0.3, 0.4) is 0 Å². The molecular formula is C21H27N7O. The van der Waals surface area contributed by atoms with Crippen molar-refractivity contribution in [3.8, 4) is 28.1 Å². The summed E-state index contributed by atoms with van der Waals surface area (Å²) in [6.07, 6.45) is 5.17. The van der Waals surface area contributed by atoms with Gasteiger partial charge in [-0.1, -0.05) is 26.8 Å². The number of nitrogens with zero attached hydrogens (tertiary/aromatic N) is 5. The molecule has 2 atom stereocenters. The fourth-order valence-electron chi connectivity index (χ4n) is 3.64. The fourth-order valence-corrected chi connectivity index (χ4v) is 3.64. The van der Waals surface area contributed by atoms with E-state index in [2.05, 4.69) is 63.3 Å². The predicted octanol–water partition coefficient (Wildman–Crippen LogP) is 2.85. The predicted molar refractivity (Wildman–Crippen MR) is 113 cm³/mol. The van der Waals surface area contributed by atoms with Crippen molar-refractivity contribution >= 4 is 5.95 Å². The van der Waals surface area contributed by atoms with Gasteiger partial charge >= 0.3 is 0 Å². The van der Waals surface area contributed by atoms with E-state index in [4.69, 9.17) is 0 Å². The first-order valence-corrected chi connectivity index (χ1v) is 9.84. The second-order valence-electron chi connectivity index (χ2n) is 8.75. The summed E-state index contributed by atoms with van der Waals surface area (Å²) < 4.78 is 0. The number of piperazine rings is 1. The van der Waals surface area contributed by atoms with E-state index in [0.717, 1.165) is 24.2 Å². The second-order valence-corrected chi connectivity index (χ2v) is 8.75. The Morgan fingerprint density at radius 1 is 1.10 bits per heavy atom. The number of hydrogen-bond acceptors (Lipinski definition) is 7. The van der Waals surface area contributed by atoms with Crippen LogP contribution in [0.1, 0.15) is 27.7 Å². The standard InChI is InChI=1S/C21H27N7O/c1-13-11-28(12-19(25-13)21(2,3)4)20-22-10-17(26-27-20)16-6-5-14(7-18(16)29)15-8-23-24-9-15/h5-10,13,19,25,29H,11-12H2,1-4H3,(H,23,24)/t13-,19?/m1/s1. The Morgan fingerprint density at radius 2 is 1.93 bits per heavy atom. The SMILES string of the molecule is C[C@@H]1CN(c2ncc(-c3ccc(-c4cn[nH]c4)cc3O)nn2)CC(C(C)(C)C)N1. The molecule has 1 aromatic carbocycles. The van der Waals surface area contributed by atoms with E-state index in [1.165, 1.54) is 0 Å². The number of benzene rings is 1. The number of rotatable bonds is 3. The van der Waals surface area contributed by atoms with Crippen molar-refractivity contribution in [1.82, 2.24) is 30.7 Å². The molecule has 0 amide bonds. The zero-order valence-corrected chi connectivity index (χ0v) is 17.2. The normalized spacial score (nSPS) is 20.1. The number of hydrogen-bond donors (Lipinski definition) is 3. The number of nitrogens with one attached hydrogen (secondary N) is 2. The Hall–Kier alpha value is -3.00. The van der Waals surface area contributed by atoms with Crippen molar-refractivity contribution in [2.75, 3.05) is 18.0 Å². The van der Waals surface area contributed by atoms with Gasteiger partial charge in [0.2, 0.25) is 5.95 Å². The van der Waals surface area contributed by atoms with E-state index in [-0.39, 0.29) is 11.2 Å². The van der Waals surface area contributed by atoms with Gasteiger partial charge in [0.15, 0.2) is 0 Å².